The Bertz CT molecular complexity index is 517. The lowest BCUT2D eigenvalue weighted by atomic mass is 9.98. The number of nitrogens with one attached hydrogen (secondary N) is 2. The van der Waals surface area contributed by atoms with Gasteiger partial charge in [0, 0.05) is 31.9 Å². The fourth-order valence-corrected chi connectivity index (χ4v) is 3.58. The number of rotatable bonds is 5. The number of pyridine rings is 1. The van der Waals surface area contributed by atoms with Crippen LogP contribution >= 0.6 is 0 Å². The molecule has 1 aromatic heterocycles. The maximum atomic E-state index is 5.98. The van der Waals surface area contributed by atoms with Gasteiger partial charge < -0.3 is 15.4 Å². The van der Waals surface area contributed by atoms with Crippen molar-refractivity contribution in [1.29, 1.82) is 0 Å². The van der Waals surface area contributed by atoms with Crippen LogP contribution in [0.3, 0.4) is 0 Å². The Morgan fingerprint density at radius 3 is 2.54 bits per heavy atom. The summed E-state index contributed by atoms with van der Waals surface area (Å²) >= 11 is 0. The standard InChI is InChI=1S/C19H30N4O/c1-20-19(23-16-7-5-6-8-16)22-14-15-11-12-18(21-13-15)24-17-9-3-2-4-10-17/h11-13,16-17H,2-10,14H2,1H3,(H2,20,22,23). The van der Waals surface area contributed by atoms with Crippen LogP contribution in [0.1, 0.15) is 63.4 Å². The molecule has 0 amide bonds. The molecule has 2 fully saturated rings. The normalized spacial score (nSPS) is 20.1. The van der Waals surface area contributed by atoms with Crippen LogP contribution in [-0.4, -0.2) is 30.1 Å². The SMILES string of the molecule is CN=C(NCc1ccc(OC2CCCCC2)nc1)NC1CCCC1. The van der Waals surface area contributed by atoms with Gasteiger partial charge >= 0.3 is 0 Å². The number of hydrogen-bond donors (Lipinski definition) is 2. The highest BCUT2D eigenvalue weighted by Crippen LogP contribution is 2.22. The van der Waals surface area contributed by atoms with E-state index >= 15 is 0 Å². The summed E-state index contributed by atoms with van der Waals surface area (Å²) in [5.41, 5.74) is 1.14. The molecule has 1 aromatic rings. The maximum Gasteiger partial charge on any atom is 0.213 e. The first-order valence-electron chi connectivity index (χ1n) is 9.42. The summed E-state index contributed by atoms with van der Waals surface area (Å²) in [5.74, 6) is 1.63. The van der Waals surface area contributed by atoms with Gasteiger partial charge in [0.2, 0.25) is 5.88 Å². The molecule has 5 heteroatoms. The summed E-state index contributed by atoms with van der Waals surface area (Å²) in [5, 5.41) is 6.87. The quantitative estimate of drug-likeness (QED) is 0.642. The molecular weight excluding hydrogens is 300 g/mol. The fraction of sp³-hybridized carbons (Fsp3) is 0.684. The lowest BCUT2D eigenvalue weighted by molar-refractivity contribution is 0.148. The van der Waals surface area contributed by atoms with E-state index in [1.54, 1.807) is 0 Å². The number of ether oxygens (including phenoxy) is 1. The van der Waals surface area contributed by atoms with Crippen molar-refractivity contribution >= 4 is 5.96 Å². The molecular formula is C19H30N4O. The summed E-state index contributed by atoms with van der Waals surface area (Å²) < 4.78 is 5.98. The van der Waals surface area contributed by atoms with Crippen molar-refractivity contribution in [3.05, 3.63) is 23.9 Å². The Hall–Kier alpha value is -1.78. The number of aromatic nitrogens is 1. The van der Waals surface area contributed by atoms with E-state index in [4.69, 9.17) is 4.74 Å². The third kappa shape index (κ3) is 5.11. The maximum absolute atomic E-state index is 5.98. The van der Waals surface area contributed by atoms with Gasteiger partial charge in [-0.05, 0) is 44.1 Å². The Labute approximate surface area is 145 Å². The molecule has 0 aromatic carbocycles. The average Bonchev–Trinajstić information content (AvgIpc) is 3.14. The van der Waals surface area contributed by atoms with E-state index in [2.05, 4.69) is 26.7 Å². The molecule has 24 heavy (non-hydrogen) atoms. The first-order valence-corrected chi connectivity index (χ1v) is 9.42. The molecule has 132 valence electrons. The second kappa shape index (κ2) is 8.90. The van der Waals surface area contributed by atoms with Crippen LogP contribution in [0.2, 0.25) is 0 Å². The predicted molar refractivity (Wildman–Crippen MR) is 97.3 cm³/mol. The molecule has 0 aliphatic heterocycles. The van der Waals surface area contributed by atoms with Crippen molar-refractivity contribution in [2.75, 3.05) is 7.05 Å². The predicted octanol–water partition coefficient (Wildman–Crippen LogP) is 3.40. The molecule has 0 bridgehead atoms. The van der Waals surface area contributed by atoms with E-state index in [1.165, 1.54) is 44.9 Å². The third-order valence-electron chi connectivity index (χ3n) is 5.02. The Balaban J connectivity index is 1.44. The van der Waals surface area contributed by atoms with Gasteiger partial charge in [-0.1, -0.05) is 25.3 Å². The van der Waals surface area contributed by atoms with Crippen molar-refractivity contribution < 1.29 is 4.74 Å². The van der Waals surface area contributed by atoms with E-state index in [0.29, 0.717) is 12.1 Å². The minimum atomic E-state index is 0.352. The van der Waals surface area contributed by atoms with Crippen LogP contribution in [0.4, 0.5) is 0 Å². The van der Waals surface area contributed by atoms with Crippen molar-refractivity contribution in [3.8, 4) is 5.88 Å². The number of nitrogens with zero attached hydrogens (tertiary/aromatic N) is 2. The molecule has 2 saturated carbocycles. The van der Waals surface area contributed by atoms with Crippen LogP contribution in [0.5, 0.6) is 5.88 Å². The van der Waals surface area contributed by atoms with Crippen molar-refractivity contribution in [2.45, 2.75) is 76.5 Å². The number of aliphatic imine (C=N–C) groups is 1. The minimum absolute atomic E-state index is 0.352. The first kappa shape index (κ1) is 17.1. The van der Waals surface area contributed by atoms with E-state index in [1.807, 2.05) is 19.3 Å². The molecule has 1 heterocycles. The van der Waals surface area contributed by atoms with Crippen LogP contribution in [0.25, 0.3) is 0 Å². The summed E-state index contributed by atoms with van der Waals surface area (Å²) in [6.07, 6.45) is 13.6. The molecule has 2 aliphatic rings. The molecule has 2 N–H and O–H groups in total. The summed E-state index contributed by atoms with van der Waals surface area (Å²) in [6.45, 7) is 0.725. The molecule has 3 rings (SSSR count). The Kier molecular flexibility index (Phi) is 6.33. The van der Waals surface area contributed by atoms with Gasteiger partial charge in [-0.25, -0.2) is 4.98 Å². The molecule has 0 spiro atoms. The molecule has 0 atom stereocenters. The zero-order chi connectivity index (χ0) is 16.6. The van der Waals surface area contributed by atoms with Gasteiger partial charge in [0.15, 0.2) is 5.96 Å². The molecule has 0 radical (unpaired) electrons. The van der Waals surface area contributed by atoms with Gasteiger partial charge in [0.25, 0.3) is 0 Å². The summed E-state index contributed by atoms with van der Waals surface area (Å²) in [6, 6.07) is 4.64. The van der Waals surface area contributed by atoms with Gasteiger partial charge in [-0.2, -0.15) is 0 Å². The lowest BCUT2D eigenvalue weighted by Gasteiger charge is -2.22. The number of hydrogen-bond acceptors (Lipinski definition) is 3. The first-order chi connectivity index (χ1) is 11.8. The monoisotopic (exact) mass is 330 g/mol. The summed E-state index contributed by atoms with van der Waals surface area (Å²) in [4.78, 5) is 8.77. The van der Waals surface area contributed by atoms with Gasteiger partial charge in [0.1, 0.15) is 6.10 Å². The second-order valence-electron chi connectivity index (χ2n) is 6.93. The van der Waals surface area contributed by atoms with Crippen molar-refractivity contribution in [3.63, 3.8) is 0 Å². The molecule has 0 unspecified atom stereocenters. The smallest absolute Gasteiger partial charge is 0.213 e. The summed E-state index contributed by atoms with van der Waals surface area (Å²) in [7, 11) is 1.82. The van der Waals surface area contributed by atoms with E-state index < -0.39 is 0 Å². The van der Waals surface area contributed by atoms with Gasteiger partial charge in [-0.3, -0.25) is 4.99 Å². The zero-order valence-electron chi connectivity index (χ0n) is 14.8. The van der Waals surface area contributed by atoms with Gasteiger partial charge in [-0.15, -0.1) is 0 Å². The Morgan fingerprint density at radius 1 is 1.12 bits per heavy atom. The Morgan fingerprint density at radius 2 is 1.88 bits per heavy atom. The van der Waals surface area contributed by atoms with Crippen LogP contribution in [0.15, 0.2) is 23.3 Å². The van der Waals surface area contributed by atoms with Gasteiger partial charge in [0.05, 0.1) is 0 Å². The van der Waals surface area contributed by atoms with Crippen molar-refractivity contribution in [2.24, 2.45) is 4.99 Å². The van der Waals surface area contributed by atoms with Crippen LogP contribution < -0.4 is 15.4 Å². The number of guanidine groups is 1. The average molecular weight is 330 g/mol. The zero-order valence-corrected chi connectivity index (χ0v) is 14.8. The van der Waals surface area contributed by atoms with E-state index in [9.17, 15) is 0 Å². The minimum Gasteiger partial charge on any atom is -0.474 e. The molecule has 0 saturated heterocycles. The third-order valence-corrected chi connectivity index (χ3v) is 5.02. The van der Waals surface area contributed by atoms with Crippen molar-refractivity contribution in [1.82, 2.24) is 15.6 Å². The van der Waals surface area contributed by atoms with Crippen LogP contribution in [0, 0.1) is 0 Å². The molecule has 2 aliphatic carbocycles. The highest BCUT2D eigenvalue weighted by Gasteiger charge is 2.16. The van der Waals surface area contributed by atoms with E-state index in [-0.39, 0.29) is 0 Å². The molecule has 5 nitrogen and oxygen atoms in total. The highest BCUT2D eigenvalue weighted by atomic mass is 16.5. The topological polar surface area (TPSA) is 58.5 Å². The second-order valence-corrected chi connectivity index (χ2v) is 6.93. The fourth-order valence-electron chi connectivity index (χ4n) is 3.58. The highest BCUT2D eigenvalue weighted by molar-refractivity contribution is 5.79. The largest absolute Gasteiger partial charge is 0.474 e. The lowest BCUT2D eigenvalue weighted by Crippen LogP contribution is -2.41. The van der Waals surface area contributed by atoms with Crippen LogP contribution in [-0.2, 0) is 6.54 Å². The van der Waals surface area contributed by atoms with E-state index in [0.717, 1.165) is 36.8 Å².